The quantitative estimate of drug-likeness (QED) is 0.520. The first-order valence-corrected chi connectivity index (χ1v) is 7.61. The van der Waals surface area contributed by atoms with Crippen molar-refractivity contribution in [3.63, 3.8) is 0 Å². The summed E-state index contributed by atoms with van der Waals surface area (Å²) in [6.45, 7) is 9.23. The molecule has 1 aliphatic heterocycles. The zero-order valence-corrected chi connectivity index (χ0v) is 13.4. The summed E-state index contributed by atoms with van der Waals surface area (Å²) < 4.78 is 7.32. The number of likely N-dealkylation sites (N-methyl/N-ethyl adjacent to an activating group) is 1. The summed E-state index contributed by atoms with van der Waals surface area (Å²) in [5, 5.41) is 0. The average molecular weight is 272 g/mol. The topological polar surface area (TPSA) is 26.3 Å². The molecule has 1 heterocycles. The van der Waals surface area contributed by atoms with Crippen LogP contribution in [0.5, 0.6) is 0 Å². The van der Waals surface area contributed by atoms with Crippen molar-refractivity contribution >= 4 is 5.97 Å². The number of carbonyl (C=O) groups is 1. The molecule has 0 spiro atoms. The maximum atomic E-state index is 11.9. The summed E-state index contributed by atoms with van der Waals surface area (Å²) in [5.74, 6) is -0.0325. The van der Waals surface area contributed by atoms with Crippen molar-refractivity contribution in [2.45, 2.75) is 39.2 Å². The molecule has 1 unspecified atom stereocenters. The van der Waals surface area contributed by atoms with Gasteiger partial charge in [-0.25, -0.2) is 0 Å². The molecule has 0 aromatic rings. The van der Waals surface area contributed by atoms with Gasteiger partial charge in [0.1, 0.15) is 13.2 Å². The Bertz CT molecular complexity index is 297. The van der Waals surface area contributed by atoms with E-state index in [0.29, 0.717) is 19.1 Å². The third-order valence-corrected chi connectivity index (χ3v) is 4.93. The maximum absolute atomic E-state index is 11.9. The molecule has 0 N–H and O–H groups in total. The second kappa shape index (κ2) is 6.71. The van der Waals surface area contributed by atoms with Crippen LogP contribution in [0, 0.1) is 0 Å². The van der Waals surface area contributed by atoms with Crippen LogP contribution in [0.1, 0.15) is 33.1 Å². The van der Waals surface area contributed by atoms with E-state index in [1.54, 1.807) is 0 Å². The van der Waals surface area contributed by atoms with Crippen molar-refractivity contribution in [3.05, 3.63) is 0 Å². The molecular formula is C15H32N2O2+2. The van der Waals surface area contributed by atoms with Crippen LogP contribution < -0.4 is 0 Å². The van der Waals surface area contributed by atoms with E-state index >= 15 is 0 Å². The standard InChI is InChI=1S/C15H32N2O2/c1-6-16(3,4)11-12-19-15(18)13-14(2)17(5)9-7-8-10-17/h14H,6-13H2,1-5H3/q+2. The van der Waals surface area contributed by atoms with E-state index < -0.39 is 0 Å². The summed E-state index contributed by atoms with van der Waals surface area (Å²) in [6.07, 6.45) is 3.13. The smallest absolute Gasteiger partial charge is 0.312 e. The molecule has 0 saturated carbocycles. The molecular weight excluding hydrogens is 240 g/mol. The molecule has 112 valence electrons. The molecule has 0 radical (unpaired) electrons. The SMILES string of the molecule is CC[N+](C)(C)CCOC(=O)CC(C)[N+]1(C)CCCC1. The highest BCUT2D eigenvalue weighted by Crippen LogP contribution is 2.22. The normalized spacial score (nSPS) is 20.3. The van der Waals surface area contributed by atoms with Crippen LogP contribution >= 0.6 is 0 Å². The Hall–Kier alpha value is -0.610. The minimum absolute atomic E-state index is 0.0325. The Labute approximate surface area is 118 Å². The van der Waals surface area contributed by atoms with Gasteiger partial charge in [-0.1, -0.05) is 0 Å². The van der Waals surface area contributed by atoms with E-state index in [4.69, 9.17) is 4.74 Å². The van der Waals surface area contributed by atoms with Gasteiger partial charge in [0.05, 0.1) is 53.2 Å². The predicted octanol–water partition coefficient (Wildman–Crippen LogP) is 1.64. The van der Waals surface area contributed by atoms with E-state index in [1.165, 1.54) is 25.9 Å². The van der Waals surface area contributed by atoms with Crippen LogP contribution in [0.2, 0.25) is 0 Å². The van der Waals surface area contributed by atoms with Gasteiger partial charge in [0, 0.05) is 12.8 Å². The van der Waals surface area contributed by atoms with Crippen molar-refractivity contribution in [3.8, 4) is 0 Å². The fourth-order valence-corrected chi connectivity index (χ4v) is 2.58. The largest absolute Gasteiger partial charge is 0.459 e. The zero-order valence-electron chi connectivity index (χ0n) is 13.4. The molecule has 0 amide bonds. The minimum atomic E-state index is -0.0325. The maximum Gasteiger partial charge on any atom is 0.312 e. The molecule has 0 aliphatic carbocycles. The number of rotatable bonds is 7. The van der Waals surface area contributed by atoms with Gasteiger partial charge in [0.25, 0.3) is 0 Å². The number of hydrogen-bond acceptors (Lipinski definition) is 2. The molecule has 4 heteroatoms. The molecule has 0 bridgehead atoms. The van der Waals surface area contributed by atoms with Crippen molar-refractivity contribution in [2.75, 3.05) is 53.9 Å². The molecule has 1 atom stereocenters. The number of esters is 1. The van der Waals surface area contributed by atoms with E-state index in [0.717, 1.165) is 22.1 Å². The lowest BCUT2D eigenvalue weighted by Crippen LogP contribution is -2.49. The first-order valence-electron chi connectivity index (χ1n) is 7.61. The third kappa shape index (κ3) is 5.11. The number of nitrogens with zero attached hydrogens (tertiary/aromatic N) is 2. The summed E-state index contributed by atoms with van der Waals surface area (Å²) in [4.78, 5) is 11.9. The van der Waals surface area contributed by atoms with Crippen molar-refractivity contribution in [1.82, 2.24) is 0 Å². The second-order valence-electron chi connectivity index (χ2n) is 6.88. The zero-order chi connectivity index (χ0) is 14.5. The number of likely N-dealkylation sites (tertiary alicyclic amines) is 1. The van der Waals surface area contributed by atoms with Gasteiger partial charge in [0.15, 0.2) is 0 Å². The fraction of sp³-hybridized carbons (Fsp3) is 0.933. The highest BCUT2D eigenvalue weighted by Gasteiger charge is 2.34. The van der Waals surface area contributed by atoms with Crippen molar-refractivity contribution in [1.29, 1.82) is 0 Å². The Morgan fingerprint density at radius 3 is 2.42 bits per heavy atom. The van der Waals surface area contributed by atoms with E-state index in [-0.39, 0.29) is 5.97 Å². The van der Waals surface area contributed by atoms with Gasteiger partial charge < -0.3 is 13.7 Å². The van der Waals surface area contributed by atoms with Gasteiger partial charge >= 0.3 is 5.97 Å². The Morgan fingerprint density at radius 1 is 1.32 bits per heavy atom. The highest BCUT2D eigenvalue weighted by molar-refractivity contribution is 5.69. The fourth-order valence-electron chi connectivity index (χ4n) is 2.58. The summed E-state index contributed by atoms with van der Waals surface area (Å²) in [7, 11) is 6.59. The monoisotopic (exact) mass is 272 g/mol. The molecule has 1 aliphatic rings. The highest BCUT2D eigenvalue weighted by atomic mass is 16.5. The lowest BCUT2D eigenvalue weighted by molar-refractivity contribution is -0.919. The number of ether oxygens (including phenoxy) is 1. The number of hydrogen-bond donors (Lipinski definition) is 0. The Kier molecular flexibility index (Phi) is 5.81. The average Bonchev–Trinajstić information content (AvgIpc) is 2.77. The summed E-state index contributed by atoms with van der Waals surface area (Å²) >= 11 is 0. The Morgan fingerprint density at radius 2 is 1.89 bits per heavy atom. The summed E-state index contributed by atoms with van der Waals surface area (Å²) in [6, 6.07) is 0.378. The summed E-state index contributed by atoms with van der Waals surface area (Å²) in [5.41, 5.74) is 0. The van der Waals surface area contributed by atoms with Gasteiger partial charge in [-0.2, -0.15) is 0 Å². The predicted molar refractivity (Wildman–Crippen MR) is 77.7 cm³/mol. The lowest BCUT2D eigenvalue weighted by Gasteiger charge is -2.35. The van der Waals surface area contributed by atoms with E-state index in [1.807, 2.05) is 0 Å². The van der Waals surface area contributed by atoms with E-state index in [2.05, 4.69) is 35.0 Å². The molecule has 1 rings (SSSR count). The van der Waals surface area contributed by atoms with Crippen LogP contribution in [0.3, 0.4) is 0 Å². The van der Waals surface area contributed by atoms with Gasteiger partial charge in [-0.15, -0.1) is 0 Å². The van der Waals surface area contributed by atoms with Gasteiger partial charge in [-0.3, -0.25) is 4.79 Å². The van der Waals surface area contributed by atoms with Crippen LogP contribution in [-0.4, -0.2) is 74.9 Å². The van der Waals surface area contributed by atoms with Gasteiger partial charge in [0.2, 0.25) is 0 Å². The molecule has 0 aromatic heterocycles. The lowest BCUT2D eigenvalue weighted by atomic mass is 10.2. The van der Waals surface area contributed by atoms with Crippen molar-refractivity contribution < 1.29 is 18.5 Å². The van der Waals surface area contributed by atoms with E-state index in [9.17, 15) is 4.79 Å². The number of quaternary nitrogens is 2. The second-order valence-corrected chi connectivity index (χ2v) is 6.88. The Balaban J connectivity index is 2.27. The minimum Gasteiger partial charge on any atom is -0.459 e. The third-order valence-electron chi connectivity index (χ3n) is 4.93. The molecule has 19 heavy (non-hydrogen) atoms. The van der Waals surface area contributed by atoms with Gasteiger partial charge in [-0.05, 0) is 13.8 Å². The van der Waals surface area contributed by atoms with Crippen molar-refractivity contribution in [2.24, 2.45) is 0 Å². The first kappa shape index (κ1) is 16.4. The van der Waals surface area contributed by atoms with Crippen LogP contribution in [-0.2, 0) is 9.53 Å². The number of carbonyl (C=O) groups excluding carboxylic acids is 1. The van der Waals surface area contributed by atoms with Crippen LogP contribution in [0.4, 0.5) is 0 Å². The molecule has 4 nitrogen and oxygen atoms in total. The molecule has 1 fully saturated rings. The molecule has 1 saturated heterocycles. The molecule has 0 aromatic carbocycles. The van der Waals surface area contributed by atoms with Crippen LogP contribution in [0.25, 0.3) is 0 Å². The first-order chi connectivity index (χ1) is 8.79. The van der Waals surface area contributed by atoms with Crippen LogP contribution in [0.15, 0.2) is 0 Å².